The van der Waals surface area contributed by atoms with Crippen molar-refractivity contribution < 1.29 is 17.6 Å². The summed E-state index contributed by atoms with van der Waals surface area (Å²) >= 11 is 5.94. The molecule has 0 aliphatic heterocycles. The molecule has 0 aliphatic carbocycles. The highest BCUT2D eigenvalue weighted by atomic mass is 35.5. The number of benzene rings is 4. The number of hydrazone groups is 1. The molecule has 0 aromatic heterocycles. The van der Waals surface area contributed by atoms with Gasteiger partial charge in [0, 0.05) is 23.7 Å². The molecule has 1 amide bonds. The van der Waals surface area contributed by atoms with Crippen LogP contribution in [-0.4, -0.2) is 24.3 Å². The van der Waals surface area contributed by atoms with Crippen molar-refractivity contribution in [2.75, 3.05) is 0 Å². The highest BCUT2D eigenvalue weighted by molar-refractivity contribution is 7.89. The number of rotatable bonds is 9. The third-order valence-electron chi connectivity index (χ3n) is 5.82. The minimum atomic E-state index is -3.91. The summed E-state index contributed by atoms with van der Waals surface area (Å²) in [7, 11) is -3.91. The molecule has 9 heteroatoms. The van der Waals surface area contributed by atoms with E-state index in [1.54, 1.807) is 43.3 Å². The first-order chi connectivity index (χ1) is 18.2. The Morgan fingerprint density at radius 1 is 0.816 bits per heavy atom. The molecule has 0 fully saturated rings. The highest BCUT2D eigenvalue weighted by Gasteiger charge is 2.25. The lowest BCUT2D eigenvalue weighted by Crippen LogP contribution is -2.30. The number of hydrogen-bond donors (Lipinski definition) is 1. The molecule has 194 valence electrons. The van der Waals surface area contributed by atoms with Gasteiger partial charge in [-0.25, -0.2) is 18.2 Å². The number of nitrogens with one attached hydrogen (secondary N) is 1. The Morgan fingerprint density at radius 3 is 1.95 bits per heavy atom. The minimum Gasteiger partial charge on any atom is -0.267 e. The van der Waals surface area contributed by atoms with Crippen molar-refractivity contribution in [3.8, 4) is 0 Å². The van der Waals surface area contributed by atoms with Gasteiger partial charge in [-0.3, -0.25) is 4.79 Å². The van der Waals surface area contributed by atoms with Gasteiger partial charge in [-0.05, 0) is 72.1 Å². The van der Waals surface area contributed by atoms with E-state index < -0.39 is 15.8 Å². The molecule has 0 radical (unpaired) electrons. The number of halogens is 2. The van der Waals surface area contributed by atoms with Gasteiger partial charge in [-0.1, -0.05) is 66.2 Å². The molecule has 0 saturated heterocycles. The Hall–Kier alpha value is -3.85. The molecule has 0 atom stereocenters. The van der Waals surface area contributed by atoms with Crippen LogP contribution in [0.5, 0.6) is 0 Å². The molecule has 4 rings (SSSR count). The fraction of sp³-hybridized carbons (Fsp3) is 0.103. The van der Waals surface area contributed by atoms with Crippen LogP contribution in [0.15, 0.2) is 113 Å². The number of carbonyl (C=O) groups excluding carboxylic acids is 1. The average molecular weight is 550 g/mol. The lowest BCUT2D eigenvalue weighted by molar-refractivity contribution is 0.0955. The van der Waals surface area contributed by atoms with Crippen molar-refractivity contribution in [2.45, 2.75) is 24.9 Å². The smallest absolute Gasteiger partial charge is 0.267 e. The van der Waals surface area contributed by atoms with E-state index >= 15 is 0 Å². The van der Waals surface area contributed by atoms with E-state index in [2.05, 4.69) is 10.5 Å². The maximum atomic E-state index is 13.5. The van der Waals surface area contributed by atoms with Crippen LogP contribution in [0.2, 0.25) is 5.02 Å². The van der Waals surface area contributed by atoms with E-state index in [0.29, 0.717) is 27.4 Å². The van der Waals surface area contributed by atoms with Gasteiger partial charge in [0.05, 0.1) is 10.6 Å². The average Bonchev–Trinajstić information content (AvgIpc) is 2.93. The van der Waals surface area contributed by atoms with Gasteiger partial charge < -0.3 is 0 Å². The minimum absolute atomic E-state index is 0.0287. The molecular formula is C29H25ClFN3O3S. The molecule has 4 aromatic rings. The standard InChI is InChI=1S/C29H25ClFN3O3S/c1-21(24-5-3-2-4-6-24)32-33-29(35)25-11-7-22(8-12-25)19-34(20-23-9-15-27(31)16-10-23)38(36,37)28-17-13-26(30)14-18-28/h2-18H,19-20H2,1H3,(H,33,35). The third kappa shape index (κ3) is 6.92. The number of sulfonamides is 1. The number of amides is 1. The summed E-state index contributed by atoms with van der Waals surface area (Å²) in [4.78, 5) is 12.7. The number of carbonyl (C=O) groups is 1. The summed E-state index contributed by atoms with van der Waals surface area (Å²) < 4.78 is 41.7. The van der Waals surface area contributed by atoms with Crippen molar-refractivity contribution >= 4 is 33.2 Å². The lowest BCUT2D eigenvalue weighted by Gasteiger charge is -2.23. The van der Waals surface area contributed by atoms with Crippen LogP contribution in [0, 0.1) is 5.82 Å². The van der Waals surface area contributed by atoms with E-state index in [0.717, 1.165) is 5.56 Å². The Balaban J connectivity index is 1.52. The summed E-state index contributed by atoms with van der Waals surface area (Å²) in [5.41, 5.74) is 5.79. The van der Waals surface area contributed by atoms with Crippen LogP contribution in [0.3, 0.4) is 0 Å². The molecule has 38 heavy (non-hydrogen) atoms. The lowest BCUT2D eigenvalue weighted by atomic mass is 10.1. The Bertz CT molecular complexity index is 1530. The maximum absolute atomic E-state index is 13.5. The predicted octanol–water partition coefficient (Wildman–Crippen LogP) is 6.02. The normalized spacial score (nSPS) is 11.9. The van der Waals surface area contributed by atoms with E-state index in [4.69, 9.17) is 11.6 Å². The summed E-state index contributed by atoms with van der Waals surface area (Å²) in [6, 6.07) is 27.7. The van der Waals surface area contributed by atoms with Crippen LogP contribution < -0.4 is 5.43 Å². The second-order valence-corrected chi connectivity index (χ2v) is 10.9. The Labute approximate surface area is 226 Å². The molecule has 0 bridgehead atoms. The summed E-state index contributed by atoms with van der Waals surface area (Å²) in [6.07, 6.45) is 0. The first kappa shape index (κ1) is 27.2. The summed E-state index contributed by atoms with van der Waals surface area (Å²) in [5, 5.41) is 4.58. The van der Waals surface area contributed by atoms with Gasteiger partial charge >= 0.3 is 0 Å². The van der Waals surface area contributed by atoms with Gasteiger partial charge in [0.2, 0.25) is 10.0 Å². The molecule has 0 heterocycles. The van der Waals surface area contributed by atoms with Gasteiger partial charge in [0.1, 0.15) is 5.82 Å². The Morgan fingerprint density at radius 2 is 1.37 bits per heavy atom. The third-order valence-corrected chi connectivity index (χ3v) is 7.87. The number of nitrogens with zero attached hydrogens (tertiary/aromatic N) is 2. The Kier molecular flexibility index (Phi) is 8.68. The van der Waals surface area contributed by atoms with Gasteiger partial charge in [0.15, 0.2) is 0 Å². The zero-order valence-corrected chi connectivity index (χ0v) is 22.1. The zero-order chi connectivity index (χ0) is 27.1. The monoisotopic (exact) mass is 549 g/mol. The second kappa shape index (κ2) is 12.1. The summed E-state index contributed by atoms with van der Waals surface area (Å²) in [6.45, 7) is 1.87. The van der Waals surface area contributed by atoms with Crippen molar-refractivity contribution in [1.29, 1.82) is 0 Å². The molecule has 0 spiro atoms. The summed E-state index contributed by atoms with van der Waals surface area (Å²) in [5.74, 6) is -0.790. The van der Waals surface area contributed by atoms with Gasteiger partial charge in [0.25, 0.3) is 5.91 Å². The van der Waals surface area contributed by atoms with Crippen molar-refractivity contribution in [3.05, 3.63) is 136 Å². The molecule has 0 saturated carbocycles. The van der Waals surface area contributed by atoms with E-state index in [1.807, 2.05) is 30.3 Å². The predicted molar refractivity (Wildman–Crippen MR) is 147 cm³/mol. The largest absolute Gasteiger partial charge is 0.271 e. The van der Waals surface area contributed by atoms with Crippen LogP contribution in [0.25, 0.3) is 0 Å². The molecule has 0 unspecified atom stereocenters. The van der Waals surface area contributed by atoms with Gasteiger partial charge in [-0.2, -0.15) is 9.41 Å². The van der Waals surface area contributed by atoms with Crippen LogP contribution >= 0.6 is 11.6 Å². The van der Waals surface area contributed by atoms with Crippen LogP contribution in [-0.2, 0) is 23.1 Å². The van der Waals surface area contributed by atoms with Crippen molar-refractivity contribution in [2.24, 2.45) is 5.10 Å². The first-order valence-electron chi connectivity index (χ1n) is 11.7. The van der Waals surface area contributed by atoms with Crippen molar-refractivity contribution in [3.63, 3.8) is 0 Å². The van der Waals surface area contributed by atoms with Crippen LogP contribution in [0.4, 0.5) is 4.39 Å². The van der Waals surface area contributed by atoms with E-state index in [9.17, 15) is 17.6 Å². The quantitative estimate of drug-likeness (QED) is 0.205. The fourth-order valence-electron chi connectivity index (χ4n) is 3.68. The van der Waals surface area contributed by atoms with E-state index in [-0.39, 0.29) is 23.9 Å². The van der Waals surface area contributed by atoms with E-state index in [1.165, 1.54) is 40.7 Å². The SMILES string of the molecule is CC(=NNC(=O)c1ccc(CN(Cc2ccc(F)cc2)S(=O)(=O)c2ccc(Cl)cc2)cc1)c1ccccc1. The zero-order valence-electron chi connectivity index (χ0n) is 20.5. The first-order valence-corrected chi connectivity index (χ1v) is 13.5. The molecule has 1 N–H and O–H groups in total. The maximum Gasteiger partial charge on any atom is 0.271 e. The molecule has 4 aromatic carbocycles. The molecule has 6 nitrogen and oxygen atoms in total. The van der Waals surface area contributed by atoms with Crippen LogP contribution in [0.1, 0.15) is 34.0 Å². The number of hydrogen-bond acceptors (Lipinski definition) is 4. The van der Waals surface area contributed by atoms with Gasteiger partial charge in [-0.15, -0.1) is 0 Å². The van der Waals surface area contributed by atoms with Crippen molar-refractivity contribution in [1.82, 2.24) is 9.73 Å². The topological polar surface area (TPSA) is 78.8 Å². The highest BCUT2D eigenvalue weighted by Crippen LogP contribution is 2.23. The second-order valence-electron chi connectivity index (χ2n) is 8.55. The molecule has 0 aliphatic rings. The fourth-order valence-corrected chi connectivity index (χ4v) is 5.23. The molecular weight excluding hydrogens is 525 g/mol.